The highest BCUT2D eigenvalue weighted by atomic mass is 35.5. The van der Waals surface area contributed by atoms with Crippen LogP contribution in [-0.2, 0) is 6.54 Å². The molecule has 2 rings (SSSR count). The zero-order valence-corrected chi connectivity index (χ0v) is 17.2. The highest BCUT2D eigenvalue weighted by molar-refractivity contribution is 6.30. The van der Waals surface area contributed by atoms with E-state index in [4.69, 9.17) is 11.6 Å². The van der Waals surface area contributed by atoms with Crippen LogP contribution >= 0.6 is 11.6 Å². The van der Waals surface area contributed by atoms with Crippen LogP contribution < -0.4 is 10.6 Å². The summed E-state index contributed by atoms with van der Waals surface area (Å²) >= 11 is 5.93. The number of likely N-dealkylation sites (tertiary alicyclic amines) is 1. The predicted octanol–water partition coefficient (Wildman–Crippen LogP) is 2.96. The summed E-state index contributed by atoms with van der Waals surface area (Å²) in [7, 11) is 3.13. The molecule has 1 saturated heterocycles. The number of alkyl halides is 3. The van der Waals surface area contributed by atoms with Crippen molar-refractivity contribution in [2.75, 3.05) is 46.8 Å². The standard InChI is InChI=1S/C19H29ClF3N5/c1-24-18(25-9-12-27(2)14-19(21,22)23)26-17-7-10-28(11-8-17)13-15-3-5-16(20)6-4-15/h3-6,17H,7-14H2,1-2H3,(H2,24,25,26). The number of rotatable bonds is 7. The Labute approximate surface area is 169 Å². The van der Waals surface area contributed by atoms with Crippen LogP contribution in [0.2, 0.25) is 5.02 Å². The molecule has 0 unspecified atom stereocenters. The summed E-state index contributed by atoms with van der Waals surface area (Å²) in [6.07, 6.45) is -2.20. The smallest absolute Gasteiger partial charge is 0.355 e. The second kappa shape index (κ2) is 10.9. The summed E-state index contributed by atoms with van der Waals surface area (Å²) in [6, 6.07) is 8.23. The van der Waals surface area contributed by atoms with Crippen LogP contribution in [0.15, 0.2) is 29.3 Å². The van der Waals surface area contributed by atoms with Crippen molar-refractivity contribution in [3.63, 3.8) is 0 Å². The number of aliphatic imine (C=N–C) groups is 1. The van der Waals surface area contributed by atoms with Crippen molar-refractivity contribution in [2.24, 2.45) is 4.99 Å². The molecule has 1 aromatic rings. The largest absolute Gasteiger partial charge is 0.401 e. The van der Waals surface area contributed by atoms with Gasteiger partial charge in [-0.05, 0) is 37.6 Å². The highest BCUT2D eigenvalue weighted by Crippen LogP contribution is 2.16. The lowest BCUT2D eigenvalue weighted by Crippen LogP contribution is -2.49. The first-order valence-electron chi connectivity index (χ1n) is 9.44. The summed E-state index contributed by atoms with van der Waals surface area (Å²) in [5, 5.41) is 7.21. The van der Waals surface area contributed by atoms with Crippen LogP contribution in [0.4, 0.5) is 13.2 Å². The fourth-order valence-electron chi connectivity index (χ4n) is 3.22. The number of piperidine rings is 1. The number of benzene rings is 1. The average Bonchev–Trinajstić information content (AvgIpc) is 2.63. The third-order valence-electron chi connectivity index (χ3n) is 4.71. The Morgan fingerprint density at radius 3 is 2.46 bits per heavy atom. The monoisotopic (exact) mass is 419 g/mol. The molecule has 1 aliphatic heterocycles. The van der Waals surface area contributed by atoms with Gasteiger partial charge >= 0.3 is 6.18 Å². The van der Waals surface area contributed by atoms with Gasteiger partial charge in [0.25, 0.3) is 0 Å². The Morgan fingerprint density at radius 1 is 1.25 bits per heavy atom. The molecule has 0 spiro atoms. The Bertz CT molecular complexity index is 613. The Kier molecular flexibility index (Phi) is 8.85. The van der Waals surface area contributed by atoms with Crippen molar-refractivity contribution in [1.82, 2.24) is 20.4 Å². The van der Waals surface area contributed by atoms with Gasteiger partial charge in [-0.3, -0.25) is 14.8 Å². The van der Waals surface area contributed by atoms with E-state index in [0.29, 0.717) is 25.1 Å². The maximum atomic E-state index is 12.3. The first kappa shape index (κ1) is 22.8. The molecule has 2 N–H and O–H groups in total. The lowest BCUT2D eigenvalue weighted by Gasteiger charge is -2.33. The molecule has 28 heavy (non-hydrogen) atoms. The molecule has 9 heteroatoms. The number of nitrogens with one attached hydrogen (secondary N) is 2. The van der Waals surface area contributed by atoms with Crippen LogP contribution in [0.5, 0.6) is 0 Å². The van der Waals surface area contributed by atoms with Gasteiger partial charge in [0.2, 0.25) is 0 Å². The molecular formula is C19H29ClF3N5. The Balaban J connectivity index is 1.67. The first-order valence-corrected chi connectivity index (χ1v) is 9.82. The van der Waals surface area contributed by atoms with E-state index in [-0.39, 0.29) is 0 Å². The van der Waals surface area contributed by atoms with E-state index in [1.807, 2.05) is 24.3 Å². The SMILES string of the molecule is CN=C(NCCN(C)CC(F)(F)F)NC1CCN(Cc2ccc(Cl)cc2)CC1. The van der Waals surface area contributed by atoms with Gasteiger partial charge in [-0.25, -0.2) is 0 Å². The maximum absolute atomic E-state index is 12.3. The topological polar surface area (TPSA) is 42.9 Å². The second-order valence-corrected chi connectivity index (χ2v) is 7.61. The van der Waals surface area contributed by atoms with Gasteiger partial charge < -0.3 is 10.6 Å². The normalized spacial score (nSPS) is 17.2. The number of hydrogen-bond acceptors (Lipinski definition) is 3. The van der Waals surface area contributed by atoms with Crippen LogP contribution in [-0.4, -0.2) is 74.8 Å². The molecule has 0 radical (unpaired) electrons. The minimum absolute atomic E-state index is 0.291. The maximum Gasteiger partial charge on any atom is 0.401 e. The summed E-state index contributed by atoms with van der Waals surface area (Å²) in [6.45, 7) is 2.65. The van der Waals surface area contributed by atoms with E-state index in [1.54, 1.807) is 7.05 Å². The zero-order valence-electron chi connectivity index (χ0n) is 16.4. The van der Waals surface area contributed by atoms with E-state index in [1.165, 1.54) is 17.5 Å². The molecule has 1 fully saturated rings. The van der Waals surface area contributed by atoms with Gasteiger partial charge in [0, 0.05) is 50.8 Å². The number of halogens is 4. The summed E-state index contributed by atoms with van der Waals surface area (Å²) in [4.78, 5) is 7.83. The van der Waals surface area contributed by atoms with E-state index in [0.717, 1.165) is 37.5 Å². The van der Waals surface area contributed by atoms with Gasteiger partial charge in [-0.15, -0.1) is 0 Å². The molecule has 0 amide bonds. The van der Waals surface area contributed by atoms with Gasteiger partial charge in [0.05, 0.1) is 6.54 Å². The molecule has 0 atom stereocenters. The fourth-order valence-corrected chi connectivity index (χ4v) is 3.35. The third-order valence-corrected chi connectivity index (χ3v) is 4.96. The van der Waals surface area contributed by atoms with E-state index in [2.05, 4.69) is 20.5 Å². The Hall–Kier alpha value is -1.51. The molecule has 158 valence electrons. The van der Waals surface area contributed by atoms with Crippen molar-refractivity contribution in [2.45, 2.75) is 31.6 Å². The van der Waals surface area contributed by atoms with Crippen molar-refractivity contribution in [3.05, 3.63) is 34.9 Å². The van der Waals surface area contributed by atoms with Crippen LogP contribution in [0, 0.1) is 0 Å². The molecule has 0 aromatic heterocycles. The van der Waals surface area contributed by atoms with Crippen LogP contribution in [0.25, 0.3) is 0 Å². The fraction of sp³-hybridized carbons (Fsp3) is 0.632. The lowest BCUT2D eigenvalue weighted by atomic mass is 10.0. The van der Waals surface area contributed by atoms with Gasteiger partial charge in [0.15, 0.2) is 5.96 Å². The zero-order chi connectivity index (χ0) is 20.6. The molecular weight excluding hydrogens is 391 g/mol. The predicted molar refractivity (Wildman–Crippen MR) is 108 cm³/mol. The molecule has 1 aromatic carbocycles. The average molecular weight is 420 g/mol. The summed E-state index contributed by atoms with van der Waals surface area (Å²) < 4.78 is 37.0. The molecule has 1 aliphatic rings. The summed E-state index contributed by atoms with van der Waals surface area (Å²) in [5.74, 6) is 0.636. The van der Waals surface area contributed by atoms with Crippen LogP contribution in [0.3, 0.4) is 0 Å². The summed E-state index contributed by atoms with van der Waals surface area (Å²) in [5.41, 5.74) is 1.25. The minimum atomic E-state index is -4.17. The van der Waals surface area contributed by atoms with Crippen molar-refractivity contribution in [3.8, 4) is 0 Å². The molecule has 0 bridgehead atoms. The van der Waals surface area contributed by atoms with Crippen molar-refractivity contribution < 1.29 is 13.2 Å². The quantitative estimate of drug-likeness (QED) is 0.526. The number of hydrogen-bond donors (Lipinski definition) is 2. The van der Waals surface area contributed by atoms with Gasteiger partial charge in [0.1, 0.15) is 0 Å². The highest BCUT2D eigenvalue weighted by Gasteiger charge is 2.28. The van der Waals surface area contributed by atoms with Crippen molar-refractivity contribution >= 4 is 17.6 Å². The van der Waals surface area contributed by atoms with E-state index in [9.17, 15) is 13.2 Å². The van der Waals surface area contributed by atoms with Gasteiger partial charge in [-0.2, -0.15) is 13.2 Å². The van der Waals surface area contributed by atoms with Crippen LogP contribution in [0.1, 0.15) is 18.4 Å². The van der Waals surface area contributed by atoms with E-state index >= 15 is 0 Å². The number of nitrogens with zero attached hydrogens (tertiary/aromatic N) is 3. The first-order chi connectivity index (χ1) is 13.2. The lowest BCUT2D eigenvalue weighted by molar-refractivity contribution is -0.142. The molecule has 5 nitrogen and oxygen atoms in total. The third kappa shape index (κ3) is 8.67. The van der Waals surface area contributed by atoms with Gasteiger partial charge in [-0.1, -0.05) is 23.7 Å². The van der Waals surface area contributed by atoms with E-state index < -0.39 is 12.7 Å². The Morgan fingerprint density at radius 2 is 1.89 bits per heavy atom. The molecule has 1 heterocycles. The number of guanidine groups is 1. The molecule has 0 saturated carbocycles. The molecule has 0 aliphatic carbocycles. The number of likely N-dealkylation sites (N-methyl/N-ethyl adjacent to an activating group) is 1. The van der Waals surface area contributed by atoms with Crippen molar-refractivity contribution in [1.29, 1.82) is 0 Å². The minimum Gasteiger partial charge on any atom is -0.355 e. The second-order valence-electron chi connectivity index (χ2n) is 7.17.